The molecule has 0 aliphatic heterocycles. The Bertz CT molecular complexity index is 1320. The van der Waals surface area contributed by atoms with Gasteiger partial charge in [0.05, 0.1) is 10.3 Å². The topological polar surface area (TPSA) is 114 Å². The predicted octanol–water partition coefficient (Wildman–Crippen LogP) is 3.55. The van der Waals surface area contributed by atoms with E-state index in [0.29, 0.717) is 5.56 Å². The van der Waals surface area contributed by atoms with Crippen molar-refractivity contribution < 1.29 is 13.2 Å². The largest absolute Gasteiger partial charge is 0.296 e. The minimum atomic E-state index is -4.02. The molecule has 0 saturated carbocycles. The molecule has 0 spiro atoms. The van der Waals surface area contributed by atoms with Crippen molar-refractivity contribution >= 4 is 32.9 Å². The fourth-order valence-electron chi connectivity index (χ4n) is 3.04. The van der Waals surface area contributed by atoms with Gasteiger partial charge in [-0.1, -0.05) is 59.2 Å². The number of fused-ring (bicyclic) bond motifs is 1. The molecule has 0 aliphatic carbocycles. The van der Waals surface area contributed by atoms with Crippen LogP contribution in [0.15, 0.2) is 40.2 Å². The van der Waals surface area contributed by atoms with E-state index in [2.05, 4.69) is 15.3 Å². The molecule has 31 heavy (non-hydrogen) atoms. The van der Waals surface area contributed by atoms with Gasteiger partial charge in [-0.25, -0.2) is 12.4 Å². The van der Waals surface area contributed by atoms with Gasteiger partial charge in [0.2, 0.25) is 11.9 Å². The van der Waals surface area contributed by atoms with E-state index in [9.17, 15) is 18.0 Å². The van der Waals surface area contributed by atoms with E-state index in [0.717, 1.165) is 9.54 Å². The lowest BCUT2D eigenvalue weighted by Crippen LogP contribution is -2.29. The monoisotopic (exact) mass is 444 g/mol. The number of aromatic amines is 1. The fourth-order valence-corrected chi connectivity index (χ4v) is 4.35. The summed E-state index contributed by atoms with van der Waals surface area (Å²) in [6.07, 6.45) is 1.44. The van der Waals surface area contributed by atoms with Crippen LogP contribution in [0.4, 0.5) is 5.95 Å². The summed E-state index contributed by atoms with van der Waals surface area (Å²) in [6.45, 7) is 12.7. The summed E-state index contributed by atoms with van der Waals surface area (Å²) >= 11 is 0. The Morgan fingerprint density at radius 1 is 1.06 bits per heavy atom. The molecule has 8 nitrogen and oxygen atoms in total. The summed E-state index contributed by atoms with van der Waals surface area (Å²) in [4.78, 5) is 32.3. The van der Waals surface area contributed by atoms with Crippen LogP contribution in [0, 0.1) is 12.3 Å². The SMILES string of the molecule is Cc1ccc(S(=O)(=O)n2cc(C(C)(C)C)c3c(=O)[nH]c(NC(=O)C(C)(C)C)nc32)cc1. The second-order valence-electron chi connectivity index (χ2n) is 9.72. The van der Waals surface area contributed by atoms with Gasteiger partial charge >= 0.3 is 0 Å². The third-order valence-electron chi connectivity index (χ3n) is 4.92. The fraction of sp³-hybridized carbons (Fsp3) is 0.409. The molecule has 0 atom stereocenters. The smallest absolute Gasteiger partial charge is 0.269 e. The number of H-pyrrole nitrogens is 1. The van der Waals surface area contributed by atoms with E-state index < -0.39 is 26.4 Å². The van der Waals surface area contributed by atoms with E-state index in [1.165, 1.54) is 18.3 Å². The summed E-state index contributed by atoms with van der Waals surface area (Å²) in [5.41, 5.74) is -0.318. The molecule has 0 bridgehead atoms. The Kier molecular flexibility index (Phi) is 5.38. The molecule has 1 amide bonds. The van der Waals surface area contributed by atoms with Crippen LogP contribution in [0.5, 0.6) is 0 Å². The number of hydrogen-bond donors (Lipinski definition) is 2. The van der Waals surface area contributed by atoms with Gasteiger partial charge in [0, 0.05) is 11.6 Å². The van der Waals surface area contributed by atoms with E-state index in [4.69, 9.17) is 0 Å². The Morgan fingerprint density at radius 3 is 2.16 bits per heavy atom. The normalized spacial score (nSPS) is 12.9. The molecular weight excluding hydrogens is 416 g/mol. The number of nitrogens with zero attached hydrogens (tertiary/aromatic N) is 2. The molecule has 0 unspecified atom stereocenters. The van der Waals surface area contributed by atoms with Crippen molar-refractivity contribution in [3.05, 3.63) is 51.9 Å². The number of anilines is 1. The molecule has 1 aromatic carbocycles. The van der Waals surface area contributed by atoms with Gasteiger partial charge in [0.25, 0.3) is 15.6 Å². The molecule has 2 N–H and O–H groups in total. The minimum Gasteiger partial charge on any atom is -0.296 e. The van der Waals surface area contributed by atoms with Crippen molar-refractivity contribution in [1.29, 1.82) is 0 Å². The second-order valence-corrected chi connectivity index (χ2v) is 11.5. The van der Waals surface area contributed by atoms with Crippen LogP contribution >= 0.6 is 0 Å². The maximum Gasteiger partial charge on any atom is 0.269 e. The molecule has 9 heteroatoms. The van der Waals surface area contributed by atoms with Crippen LogP contribution in [0.3, 0.4) is 0 Å². The molecule has 0 saturated heterocycles. The third-order valence-corrected chi connectivity index (χ3v) is 6.59. The number of nitrogens with one attached hydrogen (secondary N) is 2. The molecule has 166 valence electrons. The van der Waals surface area contributed by atoms with Crippen LogP contribution in [-0.2, 0) is 20.2 Å². The van der Waals surface area contributed by atoms with Crippen molar-refractivity contribution in [3.63, 3.8) is 0 Å². The summed E-state index contributed by atoms with van der Waals surface area (Å²) in [5.74, 6) is -0.457. The van der Waals surface area contributed by atoms with Gasteiger partial charge in [-0.05, 0) is 30.0 Å². The van der Waals surface area contributed by atoms with Gasteiger partial charge in [-0.3, -0.25) is 19.9 Å². The number of aromatic nitrogens is 3. The van der Waals surface area contributed by atoms with Crippen molar-refractivity contribution in [2.45, 2.75) is 58.8 Å². The minimum absolute atomic E-state index is 0.0292. The first kappa shape index (κ1) is 22.7. The molecule has 0 fully saturated rings. The Balaban J connectivity index is 2.31. The molecule has 2 heterocycles. The number of benzene rings is 1. The highest BCUT2D eigenvalue weighted by molar-refractivity contribution is 7.90. The van der Waals surface area contributed by atoms with Crippen molar-refractivity contribution in [3.8, 4) is 0 Å². The first-order chi connectivity index (χ1) is 14.1. The Morgan fingerprint density at radius 2 is 1.65 bits per heavy atom. The van der Waals surface area contributed by atoms with Crippen LogP contribution in [0.1, 0.15) is 52.7 Å². The van der Waals surface area contributed by atoms with Gasteiger partial charge in [-0.2, -0.15) is 4.98 Å². The maximum absolute atomic E-state index is 13.4. The lowest BCUT2D eigenvalue weighted by atomic mass is 9.87. The third kappa shape index (κ3) is 4.27. The molecule has 0 radical (unpaired) electrons. The number of amides is 1. The maximum atomic E-state index is 13.4. The van der Waals surface area contributed by atoms with Crippen molar-refractivity contribution in [2.75, 3.05) is 5.32 Å². The van der Waals surface area contributed by atoms with Crippen LogP contribution in [0.25, 0.3) is 11.0 Å². The molecule has 2 aromatic heterocycles. The number of carbonyl (C=O) groups excluding carboxylic acids is 1. The predicted molar refractivity (Wildman–Crippen MR) is 121 cm³/mol. The Labute approximate surface area is 181 Å². The zero-order chi connectivity index (χ0) is 23.4. The summed E-state index contributed by atoms with van der Waals surface area (Å²) < 4.78 is 27.9. The average Bonchev–Trinajstić information content (AvgIpc) is 3.02. The van der Waals surface area contributed by atoms with Crippen LogP contribution in [0.2, 0.25) is 0 Å². The molecule has 3 aromatic rings. The highest BCUT2D eigenvalue weighted by atomic mass is 32.2. The number of carbonyl (C=O) groups is 1. The Hall–Kier alpha value is -2.94. The summed E-state index contributed by atoms with van der Waals surface area (Å²) in [6, 6.07) is 6.45. The van der Waals surface area contributed by atoms with Gasteiger partial charge in [0.1, 0.15) is 0 Å². The second kappa shape index (κ2) is 7.33. The molecule has 0 aliphatic rings. The zero-order valence-electron chi connectivity index (χ0n) is 18.8. The van der Waals surface area contributed by atoms with Crippen molar-refractivity contribution in [1.82, 2.24) is 13.9 Å². The standard InChI is InChI=1S/C22H28N4O4S/c1-13-8-10-14(11-9-13)31(29,30)26-12-15(21(2,3)4)16-17(26)23-20(24-18(16)27)25-19(28)22(5,6)7/h8-12H,1-7H3,(H2,23,24,25,27,28). The van der Waals surface area contributed by atoms with Gasteiger partial charge in [0.15, 0.2) is 5.65 Å². The summed E-state index contributed by atoms with van der Waals surface area (Å²) in [5, 5.41) is 2.75. The van der Waals surface area contributed by atoms with Gasteiger partial charge < -0.3 is 0 Å². The average molecular weight is 445 g/mol. The highest BCUT2D eigenvalue weighted by Crippen LogP contribution is 2.31. The van der Waals surface area contributed by atoms with Crippen LogP contribution in [-0.4, -0.2) is 28.3 Å². The van der Waals surface area contributed by atoms with Crippen molar-refractivity contribution in [2.24, 2.45) is 5.41 Å². The van der Waals surface area contributed by atoms with E-state index >= 15 is 0 Å². The lowest BCUT2D eigenvalue weighted by molar-refractivity contribution is -0.123. The van der Waals surface area contributed by atoms with E-state index in [1.54, 1.807) is 32.9 Å². The first-order valence-corrected chi connectivity index (χ1v) is 11.4. The van der Waals surface area contributed by atoms with Crippen LogP contribution < -0.4 is 10.9 Å². The quantitative estimate of drug-likeness (QED) is 0.641. The number of rotatable bonds is 3. The number of aryl methyl sites for hydroxylation is 1. The zero-order valence-corrected chi connectivity index (χ0v) is 19.6. The highest BCUT2D eigenvalue weighted by Gasteiger charge is 2.30. The van der Waals surface area contributed by atoms with E-state index in [1.807, 2.05) is 27.7 Å². The van der Waals surface area contributed by atoms with E-state index in [-0.39, 0.29) is 27.8 Å². The summed E-state index contributed by atoms with van der Waals surface area (Å²) in [7, 11) is -4.02. The first-order valence-electron chi connectivity index (χ1n) is 9.92. The number of hydrogen-bond acceptors (Lipinski definition) is 5. The molecule has 3 rings (SSSR count). The molecular formula is C22H28N4O4S. The van der Waals surface area contributed by atoms with Gasteiger partial charge in [-0.15, -0.1) is 0 Å². The lowest BCUT2D eigenvalue weighted by Gasteiger charge is -2.17.